The van der Waals surface area contributed by atoms with E-state index in [9.17, 15) is 0 Å². The van der Waals surface area contributed by atoms with Crippen molar-refractivity contribution in [2.24, 2.45) is 11.8 Å². The fraction of sp³-hybridized carbons (Fsp3) is 0.438. The van der Waals surface area contributed by atoms with Gasteiger partial charge in [0, 0.05) is 17.6 Å². The van der Waals surface area contributed by atoms with Gasteiger partial charge in [-0.05, 0) is 43.2 Å². The average Bonchev–Trinajstić information content (AvgIpc) is 3.01. The summed E-state index contributed by atoms with van der Waals surface area (Å²) >= 11 is 0. The van der Waals surface area contributed by atoms with E-state index in [-0.39, 0.29) is 0 Å². The lowest BCUT2D eigenvalue weighted by atomic mass is 9.95. The fourth-order valence-corrected chi connectivity index (χ4v) is 3.84. The SMILES string of the molecule is c1cnc2c(NC3CC4CCC3C4)cccc2c1. The molecule has 2 saturated carbocycles. The largest absolute Gasteiger partial charge is 0.380 e. The Morgan fingerprint density at radius 3 is 2.83 bits per heavy atom. The van der Waals surface area contributed by atoms with Crippen LogP contribution in [0.1, 0.15) is 25.7 Å². The first-order chi connectivity index (χ1) is 8.90. The Morgan fingerprint density at radius 1 is 1.06 bits per heavy atom. The van der Waals surface area contributed by atoms with Crippen molar-refractivity contribution >= 4 is 16.6 Å². The number of nitrogens with zero attached hydrogens (tertiary/aromatic N) is 1. The smallest absolute Gasteiger partial charge is 0.0933 e. The maximum atomic E-state index is 4.52. The van der Waals surface area contributed by atoms with E-state index in [1.54, 1.807) is 0 Å². The highest BCUT2D eigenvalue weighted by Gasteiger charge is 2.39. The normalized spacial score (nSPS) is 29.9. The minimum atomic E-state index is 0.677. The topological polar surface area (TPSA) is 24.9 Å². The molecule has 0 spiro atoms. The number of aromatic nitrogens is 1. The summed E-state index contributed by atoms with van der Waals surface area (Å²) in [6.45, 7) is 0. The van der Waals surface area contributed by atoms with E-state index in [4.69, 9.17) is 0 Å². The third-order valence-corrected chi connectivity index (χ3v) is 4.71. The van der Waals surface area contributed by atoms with Gasteiger partial charge in [0.25, 0.3) is 0 Å². The molecule has 3 atom stereocenters. The number of pyridine rings is 1. The van der Waals surface area contributed by atoms with E-state index < -0.39 is 0 Å². The third-order valence-electron chi connectivity index (χ3n) is 4.71. The van der Waals surface area contributed by atoms with Crippen molar-refractivity contribution in [3.05, 3.63) is 36.5 Å². The zero-order valence-electron chi connectivity index (χ0n) is 10.5. The van der Waals surface area contributed by atoms with Crippen LogP contribution in [0.15, 0.2) is 36.5 Å². The van der Waals surface area contributed by atoms with Gasteiger partial charge in [0.15, 0.2) is 0 Å². The summed E-state index contributed by atoms with van der Waals surface area (Å²) in [6, 6.07) is 11.2. The van der Waals surface area contributed by atoms with Gasteiger partial charge < -0.3 is 5.32 Å². The van der Waals surface area contributed by atoms with Crippen molar-refractivity contribution in [3.63, 3.8) is 0 Å². The van der Waals surface area contributed by atoms with E-state index in [1.165, 1.54) is 36.8 Å². The van der Waals surface area contributed by atoms with Crippen LogP contribution >= 0.6 is 0 Å². The van der Waals surface area contributed by atoms with E-state index in [0.29, 0.717) is 6.04 Å². The molecule has 3 unspecified atom stereocenters. The molecule has 2 heteroatoms. The van der Waals surface area contributed by atoms with Gasteiger partial charge >= 0.3 is 0 Å². The van der Waals surface area contributed by atoms with Crippen LogP contribution in [0.25, 0.3) is 10.9 Å². The summed E-state index contributed by atoms with van der Waals surface area (Å²) in [4.78, 5) is 4.52. The van der Waals surface area contributed by atoms with Crippen LogP contribution in [0.2, 0.25) is 0 Å². The Kier molecular flexibility index (Phi) is 2.29. The standard InChI is InChI=1S/C16H18N2/c1-3-12-4-2-8-17-16(12)14(5-1)18-15-10-11-6-7-13(15)9-11/h1-5,8,11,13,15,18H,6-7,9-10H2. The van der Waals surface area contributed by atoms with Gasteiger partial charge in [-0.2, -0.15) is 0 Å². The number of hydrogen-bond donors (Lipinski definition) is 1. The Bertz CT molecular complexity index is 573. The second kappa shape index (κ2) is 3.98. The Hall–Kier alpha value is -1.57. The molecule has 2 fully saturated rings. The molecule has 2 aliphatic rings. The lowest BCUT2D eigenvalue weighted by Crippen LogP contribution is -2.25. The molecule has 2 nitrogen and oxygen atoms in total. The number of fused-ring (bicyclic) bond motifs is 3. The molecule has 18 heavy (non-hydrogen) atoms. The minimum absolute atomic E-state index is 0.677. The molecule has 0 amide bonds. The van der Waals surface area contributed by atoms with Gasteiger partial charge in [0.2, 0.25) is 0 Å². The molecule has 4 rings (SSSR count). The molecule has 1 aromatic carbocycles. The number of hydrogen-bond acceptors (Lipinski definition) is 2. The monoisotopic (exact) mass is 238 g/mol. The quantitative estimate of drug-likeness (QED) is 0.860. The molecule has 2 aromatic rings. The lowest BCUT2D eigenvalue weighted by molar-refractivity contribution is 0.440. The molecular formula is C16H18N2. The van der Waals surface area contributed by atoms with Gasteiger partial charge in [-0.1, -0.05) is 24.6 Å². The number of benzene rings is 1. The molecule has 1 aromatic heterocycles. The van der Waals surface area contributed by atoms with Gasteiger partial charge in [0.05, 0.1) is 11.2 Å². The predicted octanol–water partition coefficient (Wildman–Crippen LogP) is 3.84. The molecule has 92 valence electrons. The maximum absolute atomic E-state index is 4.52. The zero-order chi connectivity index (χ0) is 11.9. The summed E-state index contributed by atoms with van der Waals surface area (Å²) in [7, 11) is 0. The molecule has 0 aliphatic heterocycles. The Balaban J connectivity index is 1.67. The van der Waals surface area contributed by atoms with E-state index in [0.717, 1.165) is 17.4 Å². The van der Waals surface area contributed by atoms with Crippen molar-refractivity contribution in [1.82, 2.24) is 4.98 Å². The summed E-state index contributed by atoms with van der Waals surface area (Å²) in [6.07, 6.45) is 7.55. The molecule has 1 heterocycles. The highest BCUT2D eigenvalue weighted by Crippen LogP contribution is 2.45. The molecule has 0 radical (unpaired) electrons. The van der Waals surface area contributed by atoms with Crippen molar-refractivity contribution in [1.29, 1.82) is 0 Å². The minimum Gasteiger partial charge on any atom is -0.380 e. The average molecular weight is 238 g/mol. The zero-order valence-corrected chi connectivity index (χ0v) is 10.5. The van der Waals surface area contributed by atoms with Crippen LogP contribution < -0.4 is 5.32 Å². The Morgan fingerprint density at radius 2 is 2.00 bits per heavy atom. The van der Waals surface area contributed by atoms with Gasteiger partial charge in [0.1, 0.15) is 0 Å². The van der Waals surface area contributed by atoms with E-state index in [2.05, 4.69) is 34.6 Å². The van der Waals surface area contributed by atoms with Crippen molar-refractivity contribution in [2.75, 3.05) is 5.32 Å². The first-order valence-corrected chi connectivity index (χ1v) is 7.00. The number of anilines is 1. The first kappa shape index (κ1) is 10.4. The summed E-state index contributed by atoms with van der Waals surface area (Å²) in [5, 5.41) is 4.98. The van der Waals surface area contributed by atoms with Crippen LogP contribution in [0.4, 0.5) is 5.69 Å². The fourth-order valence-electron chi connectivity index (χ4n) is 3.84. The van der Waals surface area contributed by atoms with Gasteiger partial charge in [-0.25, -0.2) is 0 Å². The van der Waals surface area contributed by atoms with Crippen LogP contribution in [0.5, 0.6) is 0 Å². The van der Waals surface area contributed by atoms with E-state index in [1.807, 2.05) is 12.3 Å². The van der Waals surface area contributed by atoms with Gasteiger partial charge in [-0.3, -0.25) is 4.98 Å². The van der Waals surface area contributed by atoms with E-state index >= 15 is 0 Å². The second-order valence-corrected chi connectivity index (χ2v) is 5.81. The number of nitrogens with one attached hydrogen (secondary N) is 1. The number of rotatable bonds is 2. The van der Waals surface area contributed by atoms with Crippen LogP contribution in [0.3, 0.4) is 0 Å². The van der Waals surface area contributed by atoms with Crippen molar-refractivity contribution < 1.29 is 0 Å². The van der Waals surface area contributed by atoms with Crippen LogP contribution in [-0.4, -0.2) is 11.0 Å². The Labute approximate surface area is 107 Å². The van der Waals surface area contributed by atoms with Crippen LogP contribution in [-0.2, 0) is 0 Å². The second-order valence-electron chi connectivity index (χ2n) is 5.81. The molecule has 2 bridgehead atoms. The molecule has 2 aliphatic carbocycles. The maximum Gasteiger partial charge on any atom is 0.0933 e. The summed E-state index contributed by atoms with van der Waals surface area (Å²) < 4.78 is 0. The molecular weight excluding hydrogens is 220 g/mol. The number of para-hydroxylation sites is 1. The summed E-state index contributed by atoms with van der Waals surface area (Å²) in [5.41, 5.74) is 2.33. The van der Waals surface area contributed by atoms with Gasteiger partial charge in [-0.15, -0.1) is 0 Å². The van der Waals surface area contributed by atoms with Crippen molar-refractivity contribution in [2.45, 2.75) is 31.7 Å². The van der Waals surface area contributed by atoms with Crippen molar-refractivity contribution in [3.8, 4) is 0 Å². The van der Waals surface area contributed by atoms with Crippen LogP contribution in [0, 0.1) is 11.8 Å². The highest BCUT2D eigenvalue weighted by molar-refractivity contribution is 5.90. The highest BCUT2D eigenvalue weighted by atomic mass is 15.0. The molecule has 0 saturated heterocycles. The lowest BCUT2D eigenvalue weighted by Gasteiger charge is -2.24. The first-order valence-electron chi connectivity index (χ1n) is 7.00. The predicted molar refractivity (Wildman–Crippen MR) is 74.6 cm³/mol. The third kappa shape index (κ3) is 1.59. The summed E-state index contributed by atoms with van der Waals surface area (Å²) in [5.74, 6) is 1.88. The molecule has 1 N–H and O–H groups in total.